The molecule has 0 bridgehead atoms. The Morgan fingerprint density at radius 2 is 1.67 bits per heavy atom. The van der Waals surface area contributed by atoms with Gasteiger partial charge in [0.1, 0.15) is 5.41 Å². The van der Waals surface area contributed by atoms with Gasteiger partial charge in [-0.05, 0) is 47.9 Å². The minimum absolute atomic E-state index is 0.175. The molecule has 4 heteroatoms. The van der Waals surface area contributed by atoms with Crippen LogP contribution in [0.15, 0.2) is 42.5 Å². The molecule has 1 heterocycles. The molecule has 2 aliphatic rings. The Morgan fingerprint density at radius 3 is 2.33 bits per heavy atom. The van der Waals surface area contributed by atoms with Gasteiger partial charge in [0.2, 0.25) is 5.91 Å². The number of fused-ring (bicyclic) bond motifs is 1. The van der Waals surface area contributed by atoms with Crippen molar-refractivity contribution in [1.82, 2.24) is 4.90 Å². The van der Waals surface area contributed by atoms with E-state index in [9.17, 15) is 14.7 Å². The van der Waals surface area contributed by atoms with Crippen molar-refractivity contribution in [2.45, 2.75) is 31.6 Å². The van der Waals surface area contributed by atoms with Crippen molar-refractivity contribution in [1.29, 1.82) is 0 Å². The number of aliphatic carboxylic acids is 1. The molecule has 2 aromatic rings. The molecule has 0 atom stereocenters. The van der Waals surface area contributed by atoms with E-state index in [2.05, 4.69) is 36.4 Å². The molecular weight excluding hydrogens is 302 g/mol. The Labute approximate surface area is 141 Å². The van der Waals surface area contributed by atoms with Gasteiger partial charge in [-0.1, -0.05) is 42.5 Å². The van der Waals surface area contributed by atoms with Gasteiger partial charge in [-0.25, -0.2) is 0 Å². The molecule has 1 saturated carbocycles. The summed E-state index contributed by atoms with van der Waals surface area (Å²) in [4.78, 5) is 25.6. The zero-order chi connectivity index (χ0) is 16.7. The number of amides is 1. The summed E-state index contributed by atoms with van der Waals surface area (Å²) in [5.74, 6) is -0.699. The zero-order valence-corrected chi connectivity index (χ0v) is 13.6. The van der Waals surface area contributed by atoms with Crippen LogP contribution in [0.3, 0.4) is 0 Å². The monoisotopic (exact) mass is 323 g/mol. The van der Waals surface area contributed by atoms with Crippen LogP contribution in [0.25, 0.3) is 10.8 Å². The molecule has 2 aromatic carbocycles. The topological polar surface area (TPSA) is 57.6 Å². The van der Waals surface area contributed by atoms with E-state index in [1.807, 2.05) is 6.07 Å². The minimum Gasteiger partial charge on any atom is -0.480 e. The Hall–Kier alpha value is -2.36. The number of carbonyl (C=O) groups excluding carboxylic acids is 1. The molecule has 1 aliphatic heterocycles. The fourth-order valence-electron chi connectivity index (χ4n) is 3.95. The second kappa shape index (κ2) is 5.62. The number of hydrogen-bond donors (Lipinski definition) is 1. The predicted molar refractivity (Wildman–Crippen MR) is 91.8 cm³/mol. The quantitative estimate of drug-likeness (QED) is 0.881. The first-order valence-corrected chi connectivity index (χ1v) is 8.62. The van der Waals surface area contributed by atoms with E-state index in [1.54, 1.807) is 4.90 Å². The molecule has 2 fully saturated rings. The summed E-state index contributed by atoms with van der Waals surface area (Å²) in [6.07, 6.45) is 2.78. The average Bonchev–Trinajstić information content (AvgIpc) is 3.43. The SMILES string of the molecule is O=C(O)C1(C(=O)N2CCC(c3cccc4ccccc34)CC2)CC1. The summed E-state index contributed by atoms with van der Waals surface area (Å²) in [5.41, 5.74) is 0.242. The van der Waals surface area contributed by atoms with Crippen LogP contribution in [0.5, 0.6) is 0 Å². The predicted octanol–water partition coefficient (Wildman–Crippen LogP) is 3.41. The van der Waals surface area contributed by atoms with Crippen molar-refractivity contribution in [3.8, 4) is 0 Å². The van der Waals surface area contributed by atoms with E-state index in [1.165, 1.54) is 16.3 Å². The molecule has 1 N–H and O–H groups in total. The number of piperidine rings is 1. The van der Waals surface area contributed by atoms with E-state index in [4.69, 9.17) is 0 Å². The summed E-state index contributed by atoms with van der Waals surface area (Å²) in [5, 5.41) is 11.8. The first-order valence-electron chi connectivity index (χ1n) is 8.62. The Bertz CT molecular complexity index is 796. The Kier molecular flexibility index (Phi) is 3.56. The molecular formula is C20H21NO3. The largest absolute Gasteiger partial charge is 0.480 e. The molecule has 0 unspecified atom stereocenters. The van der Waals surface area contributed by atoms with Crippen LogP contribution in [0.1, 0.15) is 37.2 Å². The molecule has 0 aromatic heterocycles. The summed E-state index contributed by atoms with van der Waals surface area (Å²) in [7, 11) is 0. The Balaban J connectivity index is 1.50. The van der Waals surface area contributed by atoms with Crippen LogP contribution >= 0.6 is 0 Å². The first-order chi connectivity index (χ1) is 11.6. The number of carbonyl (C=O) groups is 2. The lowest BCUT2D eigenvalue weighted by Crippen LogP contribution is -2.44. The van der Waals surface area contributed by atoms with Crippen molar-refractivity contribution in [3.05, 3.63) is 48.0 Å². The van der Waals surface area contributed by atoms with Crippen molar-refractivity contribution in [3.63, 3.8) is 0 Å². The molecule has 1 aliphatic carbocycles. The number of carboxylic acids is 1. The van der Waals surface area contributed by atoms with Gasteiger partial charge >= 0.3 is 5.97 Å². The third-order valence-electron chi connectivity index (χ3n) is 5.61. The molecule has 0 radical (unpaired) electrons. The van der Waals surface area contributed by atoms with Gasteiger partial charge in [0.05, 0.1) is 0 Å². The molecule has 124 valence electrons. The van der Waals surface area contributed by atoms with Crippen molar-refractivity contribution < 1.29 is 14.7 Å². The van der Waals surface area contributed by atoms with Crippen molar-refractivity contribution in [2.24, 2.45) is 5.41 Å². The van der Waals surface area contributed by atoms with Crippen LogP contribution in [0.4, 0.5) is 0 Å². The number of likely N-dealkylation sites (tertiary alicyclic amines) is 1. The van der Waals surface area contributed by atoms with Gasteiger partial charge in [-0.3, -0.25) is 9.59 Å². The lowest BCUT2D eigenvalue weighted by Gasteiger charge is -2.34. The van der Waals surface area contributed by atoms with E-state index in [0.29, 0.717) is 31.8 Å². The maximum absolute atomic E-state index is 12.5. The fraction of sp³-hybridized carbons (Fsp3) is 0.400. The zero-order valence-electron chi connectivity index (χ0n) is 13.6. The van der Waals surface area contributed by atoms with E-state index < -0.39 is 11.4 Å². The smallest absolute Gasteiger partial charge is 0.319 e. The molecule has 24 heavy (non-hydrogen) atoms. The third-order valence-corrected chi connectivity index (χ3v) is 5.61. The highest BCUT2D eigenvalue weighted by atomic mass is 16.4. The lowest BCUT2D eigenvalue weighted by atomic mass is 9.86. The van der Waals surface area contributed by atoms with Gasteiger partial charge in [0.15, 0.2) is 0 Å². The van der Waals surface area contributed by atoms with Crippen LogP contribution in [-0.2, 0) is 9.59 Å². The van der Waals surface area contributed by atoms with Gasteiger partial charge in [-0.15, -0.1) is 0 Å². The summed E-state index contributed by atoms with van der Waals surface area (Å²) >= 11 is 0. The van der Waals surface area contributed by atoms with Crippen LogP contribution in [-0.4, -0.2) is 35.0 Å². The first kappa shape index (κ1) is 15.2. The minimum atomic E-state index is -1.10. The van der Waals surface area contributed by atoms with E-state index in [-0.39, 0.29) is 5.91 Å². The van der Waals surface area contributed by atoms with Gasteiger partial charge in [-0.2, -0.15) is 0 Å². The highest BCUT2D eigenvalue weighted by Crippen LogP contribution is 2.48. The van der Waals surface area contributed by atoms with Crippen molar-refractivity contribution in [2.75, 3.05) is 13.1 Å². The van der Waals surface area contributed by atoms with Gasteiger partial charge in [0, 0.05) is 13.1 Å². The van der Waals surface area contributed by atoms with E-state index >= 15 is 0 Å². The summed E-state index contributed by atoms with van der Waals surface area (Å²) in [6.45, 7) is 1.31. The average molecular weight is 323 g/mol. The molecule has 1 saturated heterocycles. The summed E-state index contributed by atoms with van der Waals surface area (Å²) in [6, 6.07) is 14.8. The van der Waals surface area contributed by atoms with Gasteiger partial charge < -0.3 is 10.0 Å². The number of hydrogen-bond acceptors (Lipinski definition) is 2. The van der Waals surface area contributed by atoms with Crippen molar-refractivity contribution >= 4 is 22.6 Å². The van der Waals surface area contributed by atoms with Crippen LogP contribution < -0.4 is 0 Å². The third kappa shape index (κ3) is 2.37. The Morgan fingerprint density at radius 1 is 1.00 bits per heavy atom. The maximum atomic E-state index is 12.5. The normalized spacial score (nSPS) is 20.1. The van der Waals surface area contributed by atoms with Crippen LogP contribution in [0.2, 0.25) is 0 Å². The number of nitrogens with zero attached hydrogens (tertiary/aromatic N) is 1. The van der Waals surface area contributed by atoms with Crippen LogP contribution in [0, 0.1) is 5.41 Å². The fourth-order valence-corrected chi connectivity index (χ4v) is 3.95. The maximum Gasteiger partial charge on any atom is 0.319 e. The number of carboxylic acid groups (broad SMARTS) is 1. The number of benzene rings is 2. The lowest BCUT2D eigenvalue weighted by molar-refractivity contribution is -0.153. The highest BCUT2D eigenvalue weighted by Gasteiger charge is 2.58. The number of rotatable bonds is 3. The molecule has 4 nitrogen and oxygen atoms in total. The second-order valence-electron chi connectivity index (χ2n) is 7.02. The standard InChI is InChI=1S/C20H21NO3/c22-18(20(10-11-20)19(23)24)21-12-8-15(9-13-21)17-7-3-5-14-4-1-2-6-16(14)17/h1-7,15H,8-13H2,(H,23,24). The summed E-state index contributed by atoms with van der Waals surface area (Å²) < 4.78 is 0. The highest BCUT2D eigenvalue weighted by molar-refractivity contribution is 6.04. The van der Waals surface area contributed by atoms with E-state index in [0.717, 1.165) is 12.8 Å². The molecule has 0 spiro atoms. The molecule has 4 rings (SSSR count). The molecule has 1 amide bonds. The second-order valence-corrected chi connectivity index (χ2v) is 7.02. The van der Waals surface area contributed by atoms with Gasteiger partial charge in [0.25, 0.3) is 0 Å².